The Morgan fingerprint density at radius 1 is 1.15 bits per heavy atom. The fourth-order valence-corrected chi connectivity index (χ4v) is 8.66. The monoisotopic (exact) mass is 517 g/mol. The van der Waals surface area contributed by atoms with E-state index in [4.69, 9.17) is 11.6 Å². The molecule has 1 saturated heterocycles. The van der Waals surface area contributed by atoms with Gasteiger partial charge in [0.05, 0.1) is 18.2 Å². The quantitative estimate of drug-likeness (QED) is 0.503. The molecule has 0 aliphatic carbocycles. The fourth-order valence-electron chi connectivity index (χ4n) is 5.14. The van der Waals surface area contributed by atoms with Gasteiger partial charge in [0.25, 0.3) is 10.0 Å². The van der Waals surface area contributed by atoms with Crippen LogP contribution in [0.2, 0.25) is 5.02 Å². The number of amides is 1. The first-order valence-corrected chi connectivity index (χ1v) is 14.1. The number of sulfonamides is 1. The SMILES string of the molecule is Cc1c(S(=O)(=O)N2CC(C(=O)N(C)C3CCN(C)CC3)c3ccccc32)sc2ccc(Cl)cc12. The molecule has 3 heterocycles. The van der Waals surface area contributed by atoms with Gasteiger partial charge in [-0.25, -0.2) is 8.42 Å². The molecule has 0 saturated carbocycles. The first-order chi connectivity index (χ1) is 16.2. The second kappa shape index (κ2) is 8.82. The molecule has 1 aromatic heterocycles. The Morgan fingerprint density at radius 2 is 1.85 bits per heavy atom. The molecule has 1 amide bonds. The molecule has 34 heavy (non-hydrogen) atoms. The molecule has 3 aromatic rings. The predicted molar refractivity (Wildman–Crippen MR) is 139 cm³/mol. The van der Waals surface area contributed by atoms with E-state index in [0.717, 1.165) is 41.6 Å². The van der Waals surface area contributed by atoms with Gasteiger partial charge in [0.1, 0.15) is 4.21 Å². The van der Waals surface area contributed by atoms with Crippen molar-refractivity contribution in [2.24, 2.45) is 0 Å². The molecule has 180 valence electrons. The lowest BCUT2D eigenvalue weighted by molar-refractivity contribution is -0.134. The first kappa shape index (κ1) is 23.6. The van der Waals surface area contributed by atoms with Crippen LogP contribution >= 0.6 is 22.9 Å². The summed E-state index contributed by atoms with van der Waals surface area (Å²) in [6, 6.07) is 13.0. The van der Waals surface area contributed by atoms with Gasteiger partial charge in [-0.15, -0.1) is 11.3 Å². The van der Waals surface area contributed by atoms with E-state index in [0.29, 0.717) is 20.5 Å². The number of halogens is 1. The Balaban J connectivity index is 1.49. The number of carbonyl (C=O) groups excluding carboxylic acids is 1. The Hall–Kier alpha value is -2.13. The van der Waals surface area contributed by atoms with Gasteiger partial charge in [-0.3, -0.25) is 9.10 Å². The molecule has 1 atom stereocenters. The van der Waals surface area contributed by atoms with E-state index in [1.807, 2.05) is 49.2 Å². The van der Waals surface area contributed by atoms with E-state index >= 15 is 0 Å². The number of fused-ring (bicyclic) bond motifs is 2. The number of likely N-dealkylation sites (tertiary alicyclic amines) is 1. The number of benzene rings is 2. The summed E-state index contributed by atoms with van der Waals surface area (Å²) in [6.45, 7) is 3.85. The Kier molecular flexibility index (Phi) is 6.13. The van der Waals surface area contributed by atoms with Crippen molar-refractivity contribution < 1.29 is 13.2 Å². The standard InChI is InChI=1S/C25H28ClN3O3S2/c1-16-20-14-17(26)8-9-23(20)33-25(16)34(31,32)29-15-21(19-6-4-5-7-22(19)29)24(30)28(3)18-10-12-27(2)13-11-18/h4-9,14,18,21H,10-13,15H2,1-3H3. The zero-order valence-electron chi connectivity index (χ0n) is 19.5. The third-order valence-corrected chi connectivity index (χ3v) is 11.1. The van der Waals surface area contributed by atoms with Gasteiger partial charge in [-0.1, -0.05) is 29.8 Å². The summed E-state index contributed by atoms with van der Waals surface area (Å²) in [7, 11) is 0.104. The summed E-state index contributed by atoms with van der Waals surface area (Å²) in [6.07, 6.45) is 1.86. The number of anilines is 1. The number of hydrogen-bond acceptors (Lipinski definition) is 5. The number of thiophene rings is 1. The minimum atomic E-state index is -3.85. The van der Waals surface area contributed by atoms with Gasteiger partial charge in [0, 0.05) is 22.8 Å². The Morgan fingerprint density at radius 3 is 2.59 bits per heavy atom. The van der Waals surface area contributed by atoms with Crippen molar-refractivity contribution in [2.75, 3.05) is 38.0 Å². The number of likely N-dealkylation sites (N-methyl/N-ethyl adjacent to an activating group) is 1. The normalized spacial score (nSPS) is 19.5. The maximum absolute atomic E-state index is 13.9. The highest BCUT2D eigenvalue weighted by Gasteiger charge is 2.42. The topological polar surface area (TPSA) is 60.9 Å². The summed E-state index contributed by atoms with van der Waals surface area (Å²) in [5, 5.41) is 1.42. The average molecular weight is 518 g/mol. The van der Waals surface area contributed by atoms with Gasteiger partial charge in [0.2, 0.25) is 5.91 Å². The lowest BCUT2D eigenvalue weighted by Crippen LogP contribution is -2.46. The van der Waals surface area contributed by atoms with Crippen LogP contribution in [0.15, 0.2) is 46.7 Å². The van der Waals surface area contributed by atoms with Crippen LogP contribution < -0.4 is 4.31 Å². The molecule has 5 rings (SSSR count). The van der Waals surface area contributed by atoms with Gasteiger partial charge in [-0.2, -0.15) is 0 Å². The second-order valence-corrected chi connectivity index (χ2v) is 12.8. The summed E-state index contributed by atoms with van der Waals surface area (Å²) in [5.41, 5.74) is 2.06. The van der Waals surface area contributed by atoms with Gasteiger partial charge >= 0.3 is 0 Å². The molecular weight excluding hydrogens is 490 g/mol. The van der Waals surface area contributed by atoms with E-state index in [9.17, 15) is 13.2 Å². The van der Waals surface area contributed by atoms with Gasteiger partial charge in [-0.05, 0) is 80.7 Å². The largest absolute Gasteiger partial charge is 0.342 e. The van der Waals surface area contributed by atoms with Crippen molar-refractivity contribution in [3.05, 3.63) is 58.6 Å². The number of nitrogens with zero attached hydrogens (tertiary/aromatic N) is 3. The minimum Gasteiger partial charge on any atom is -0.342 e. The molecule has 0 spiro atoms. The maximum Gasteiger partial charge on any atom is 0.274 e. The van der Waals surface area contributed by atoms with Crippen LogP contribution in [0.25, 0.3) is 10.1 Å². The molecule has 2 aromatic carbocycles. The van der Waals surface area contributed by atoms with E-state index in [1.54, 1.807) is 12.1 Å². The molecular formula is C25H28ClN3O3S2. The second-order valence-electron chi connectivity index (χ2n) is 9.29. The van der Waals surface area contributed by atoms with Crippen molar-refractivity contribution in [1.82, 2.24) is 9.80 Å². The highest BCUT2D eigenvalue weighted by atomic mass is 35.5. The summed E-state index contributed by atoms with van der Waals surface area (Å²) in [5.74, 6) is -0.528. The van der Waals surface area contributed by atoms with Crippen LogP contribution in [0.1, 0.15) is 29.9 Å². The lowest BCUT2D eigenvalue weighted by atomic mass is 9.97. The number of carbonyl (C=O) groups is 1. The molecule has 0 bridgehead atoms. The van der Waals surface area contributed by atoms with Crippen molar-refractivity contribution in [3.8, 4) is 0 Å². The lowest BCUT2D eigenvalue weighted by Gasteiger charge is -2.36. The zero-order valence-corrected chi connectivity index (χ0v) is 21.9. The smallest absolute Gasteiger partial charge is 0.274 e. The Bertz CT molecular complexity index is 1360. The van der Waals surface area contributed by atoms with E-state index in [1.165, 1.54) is 15.6 Å². The third kappa shape index (κ3) is 3.90. The van der Waals surface area contributed by atoms with Gasteiger partial charge in [0.15, 0.2) is 0 Å². The van der Waals surface area contributed by atoms with Crippen molar-refractivity contribution in [3.63, 3.8) is 0 Å². The Labute approximate surface area is 209 Å². The number of rotatable bonds is 4. The number of piperidine rings is 1. The molecule has 0 N–H and O–H groups in total. The molecule has 0 radical (unpaired) electrons. The van der Waals surface area contributed by atoms with Crippen LogP contribution in [-0.2, 0) is 14.8 Å². The minimum absolute atomic E-state index is 0.0143. The zero-order chi connectivity index (χ0) is 24.2. The average Bonchev–Trinajstić information content (AvgIpc) is 3.38. The van der Waals surface area contributed by atoms with Crippen molar-refractivity contribution >= 4 is 54.6 Å². The van der Waals surface area contributed by atoms with Crippen LogP contribution in [0, 0.1) is 6.92 Å². The summed E-state index contributed by atoms with van der Waals surface area (Å²) < 4.78 is 30.4. The van der Waals surface area contributed by atoms with E-state index in [2.05, 4.69) is 11.9 Å². The maximum atomic E-state index is 13.9. The summed E-state index contributed by atoms with van der Waals surface area (Å²) in [4.78, 5) is 17.7. The highest BCUT2D eigenvalue weighted by molar-refractivity contribution is 7.95. The number of para-hydroxylation sites is 1. The number of hydrogen-bond donors (Lipinski definition) is 0. The molecule has 2 aliphatic rings. The van der Waals surface area contributed by atoms with Crippen molar-refractivity contribution in [2.45, 2.75) is 35.9 Å². The van der Waals surface area contributed by atoms with E-state index < -0.39 is 15.9 Å². The predicted octanol–water partition coefficient (Wildman–Crippen LogP) is 4.71. The first-order valence-electron chi connectivity index (χ1n) is 11.4. The molecule has 1 fully saturated rings. The molecule has 6 nitrogen and oxygen atoms in total. The fraction of sp³-hybridized carbons (Fsp3) is 0.400. The summed E-state index contributed by atoms with van der Waals surface area (Å²) >= 11 is 7.42. The van der Waals surface area contributed by atoms with E-state index in [-0.39, 0.29) is 18.5 Å². The van der Waals surface area contributed by atoms with Gasteiger partial charge < -0.3 is 9.80 Å². The van der Waals surface area contributed by atoms with Crippen LogP contribution in [-0.4, -0.2) is 63.9 Å². The van der Waals surface area contributed by atoms with Crippen LogP contribution in [0.4, 0.5) is 5.69 Å². The van der Waals surface area contributed by atoms with Crippen molar-refractivity contribution in [1.29, 1.82) is 0 Å². The van der Waals surface area contributed by atoms with Crippen LogP contribution in [0.3, 0.4) is 0 Å². The molecule has 1 unspecified atom stereocenters. The number of aryl methyl sites for hydroxylation is 1. The highest BCUT2D eigenvalue weighted by Crippen LogP contribution is 2.44. The molecule has 9 heteroatoms. The third-order valence-electron chi connectivity index (χ3n) is 7.19. The van der Waals surface area contributed by atoms with Crippen LogP contribution in [0.5, 0.6) is 0 Å². The molecule has 2 aliphatic heterocycles.